The van der Waals surface area contributed by atoms with Crippen molar-refractivity contribution in [3.05, 3.63) is 0 Å². The molecule has 1 aliphatic carbocycles. The second-order valence-electron chi connectivity index (χ2n) is 5.62. The molecule has 1 fully saturated rings. The number of carbonyl (C=O) groups is 1. The van der Waals surface area contributed by atoms with Gasteiger partial charge in [-0.05, 0) is 32.1 Å². The molecular formula is C15H30N2O2. The van der Waals surface area contributed by atoms with Gasteiger partial charge in [0.2, 0.25) is 5.91 Å². The number of hydrogen-bond donors (Lipinski definition) is 2. The first kappa shape index (κ1) is 16.4. The lowest BCUT2D eigenvalue weighted by Gasteiger charge is -2.23. The highest BCUT2D eigenvalue weighted by molar-refractivity contribution is 5.77. The second kappa shape index (κ2) is 10.2. The van der Waals surface area contributed by atoms with Gasteiger partial charge in [-0.3, -0.25) is 4.79 Å². The molecule has 1 aliphatic rings. The smallest absolute Gasteiger partial charge is 0.233 e. The largest absolute Gasteiger partial charge is 0.385 e. The fraction of sp³-hybridized carbons (Fsp3) is 0.933. The Morgan fingerprint density at radius 2 is 1.95 bits per heavy atom. The van der Waals surface area contributed by atoms with Crippen molar-refractivity contribution in [2.45, 2.75) is 57.9 Å². The molecule has 0 aliphatic heterocycles. The maximum absolute atomic E-state index is 11.6. The SMILES string of the molecule is COCCCNC(=O)CN[C@@H](C)C1CCCCCC1. The Bertz CT molecular complexity index is 238. The molecule has 1 saturated carbocycles. The van der Waals surface area contributed by atoms with Crippen LogP contribution in [0.15, 0.2) is 0 Å². The van der Waals surface area contributed by atoms with Crippen LogP contribution < -0.4 is 10.6 Å². The van der Waals surface area contributed by atoms with Gasteiger partial charge in [0.1, 0.15) is 0 Å². The summed E-state index contributed by atoms with van der Waals surface area (Å²) < 4.78 is 4.95. The monoisotopic (exact) mass is 270 g/mol. The lowest BCUT2D eigenvalue weighted by atomic mass is 9.93. The van der Waals surface area contributed by atoms with Crippen molar-refractivity contribution in [1.29, 1.82) is 0 Å². The van der Waals surface area contributed by atoms with E-state index < -0.39 is 0 Å². The normalized spacial score (nSPS) is 18.8. The van der Waals surface area contributed by atoms with Crippen LogP contribution in [-0.2, 0) is 9.53 Å². The summed E-state index contributed by atoms with van der Waals surface area (Å²) in [6, 6.07) is 0.447. The summed E-state index contributed by atoms with van der Waals surface area (Å²) in [5.74, 6) is 0.834. The van der Waals surface area contributed by atoms with Crippen LogP contribution in [0.2, 0.25) is 0 Å². The van der Waals surface area contributed by atoms with Crippen LogP contribution in [0.5, 0.6) is 0 Å². The molecule has 4 heteroatoms. The molecule has 0 unspecified atom stereocenters. The van der Waals surface area contributed by atoms with Crippen molar-refractivity contribution in [2.24, 2.45) is 5.92 Å². The van der Waals surface area contributed by atoms with Gasteiger partial charge >= 0.3 is 0 Å². The van der Waals surface area contributed by atoms with Crippen LogP contribution in [0, 0.1) is 5.92 Å². The van der Waals surface area contributed by atoms with E-state index in [1.54, 1.807) is 7.11 Å². The minimum Gasteiger partial charge on any atom is -0.385 e. The van der Waals surface area contributed by atoms with E-state index in [0.29, 0.717) is 25.7 Å². The van der Waals surface area contributed by atoms with Crippen LogP contribution in [0.25, 0.3) is 0 Å². The zero-order valence-corrected chi connectivity index (χ0v) is 12.5. The molecule has 0 saturated heterocycles. The van der Waals surface area contributed by atoms with E-state index in [9.17, 15) is 4.79 Å². The zero-order valence-electron chi connectivity index (χ0n) is 12.5. The summed E-state index contributed by atoms with van der Waals surface area (Å²) in [7, 11) is 1.68. The Morgan fingerprint density at radius 1 is 1.26 bits per heavy atom. The van der Waals surface area contributed by atoms with Crippen LogP contribution in [0.3, 0.4) is 0 Å². The Kier molecular flexibility index (Phi) is 8.84. The standard InChI is InChI=1S/C15H30N2O2/c1-13(14-8-5-3-4-6-9-14)17-12-15(18)16-10-7-11-19-2/h13-14,17H,3-12H2,1-2H3,(H,16,18)/t13-/m0/s1. The van der Waals surface area contributed by atoms with Crippen LogP contribution in [-0.4, -0.2) is 38.8 Å². The quantitative estimate of drug-likeness (QED) is 0.524. The summed E-state index contributed by atoms with van der Waals surface area (Å²) in [5, 5.41) is 6.28. The molecule has 1 amide bonds. The Balaban J connectivity index is 2.10. The van der Waals surface area contributed by atoms with Crippen molar-refractivity contribution in [3.8, 4) is 0 Å². The molecule has 0 aromatic heterocycles. The van der Waals surface area contributed by atoms with Crippen molar-refractivity contribution < 1.29 is 9.53 Å². The molecule has 0 bridgehead atoms. The third-order valence-corrected chi connectivity index (χ3v) is 4.04. The van der Waals surface area contributed by atoms with Gasteiger partial charge in [0.25, 0.3) is 0 Å². The van der Waals surface area contributed by atoms with E-state index in [1.165, 1.54) is 38.5 Å². The molecule has 0 radical (unpaired) electrons. The third-order valence-electron chi connectivity index (χ3n) is 4.04. The zero-order chi connectivity index (χ0) is 13.9. The molecule has 0 spiro atoms. The predicted molar refractivity (Wildman–Crippen MR) is 78.2 cm³/mol. The van der Waals surface area contributed by atoms with Crippen molar-refractivity contribution in [1.82, 2.24) is 10.6 Å². The lowest BCUT2D eigenvalue weighted by molar-refractivity contribution is -0.120. The van der Waals surface area contributed by atoms with Gasteiger partial charge in [-0.1, -0.05) is 25.7 Å². The molecule has 112 valence electrons. The molecule has 0 aromatic carbocycles. The molecule has 2 N–H and O–H groups in total. The molecule has 0 heterocycles. The topological polar surface area (TPSA) is 50.4 Å². The van der Waals surface area contributed by atoms with Crippen molar-refractivity contribution >= 4 is 5.91 Å². The number of carbonyl (C=O) groups excluding carboxylic acids is 1. The molecule has 1 rings (SSSR count). The van der Waals surface area contributed by atoms with Gasteiger partial charge in [-0.2, -0.15) is 0 Å². The average Bonchev–Trinajstić information content (AvgIpc) is 2.70. The van der Waals surface area contributed by atoms with Gasteiger partial charge in [0, 0.05) is 26.3 Å². The van der Waals surface area contributed by atoms with Crippen LogP contribution in [0.1, 0.15) is 51.9 Å². The number of rotatable bonds is 8. The predicted octanol–water partition coefficient (Wildman–Crippen LogP) is 2.09. The van der Waals surface area contributed by atoms with E-state index in [2.05, 4.69) is 17.6 Å². The van der Waals surface area contributed by atoms with Gasteiger partial charge < -0.3 is 15.4 Å². The minimum atomic E-state index is 0.0941. The first-order valence-corrected chi connectivity index (χ1v) is 7.73. The number of amides is 1. The van der Waals surface area contributed by atoms with Gasteiger partial charge in [0.15, 0.2) is 0 Å². The van der Waals surface area contributed by atoms with Gasteiger partial charge in [0.05, 0.1) is 6.54 Å². The van der Waals surface area contributed by atoms with E-state index in [-0.39, 0.29) is 5.91 Å². The average molecular weight is 270 g/mol. The summed E-state index contributed by atoms with van der Waals surface area (Å²) >= 11 is 0. The summed E-state index contributed by atoms with van der Waals surface area (Å²) in [4.78, 5) is 11.6. The number of methoxy groups -OCH3 is 1. The van der Waals surface area contributed by atoms with Crippen LogP contribution in [0.4, 0.5) is 0 Å². The maximum Gasteiger partial charge on any atom is 0.233 e. The minimum absolute atomic E-state index is 0.0941. The van der Waals surface area contributed by atoms with E-state index in [0.717, 1.165) is 12.3 Å². The van der Waals surface area contributed by atoms with Crippen molar-refractivity contribution in [2.75, 3.05) is 26.8 Å². The summed E-state index contributed by atoms with van der Waals surface area (Å²) in [5.41, 5.74) is 0. The first-order valence-electron chi connectivity index (χ1n) is 7.73. The molecular weight excluding hydrogens is 240 g/mol. The van der Waals surface area contributed by atoms with E-state index in [4.69, 9.17) is 4.74 Å². The molecule has 4 nitrogen and oxygen atoms in total. The molecule has 1 atom stereocenters. The fourth-order valence-corrected chi connectivity index (χ4v) is 2.74. The number of hydrogen-bond acceptors (Lipinski definition) is 3. The van der Waals surface area contributed by atoms with Gasteiger partial charge in [-0.25, -0.2) is 0 Å². The first-order chi connectivity index (χ1) is 9.24. The van der Waals surface area contributed by atoms with Crippen LogP contribution >= 0.6 is 0 Å². The van der Waals surface area contributed by atoms with E-state index >= 15 is 0 Å². The Morgan fingerprint density at radius 3 is 2.58 bits per heavy atom. The third kappa shape index (κ3) is 7.53. The van der Waals surface area contributed by atoms with Gasteiger partial charge in [-0.15, -0.1) is 0 Å². The van der Waals surface area contributed by atoms with E-state index in [1.807, 2.05) is 0 Å². The Labute approximate surface area is 117 Å². The second-order valence-corrected chi connectivity index (χ2v) is 5.62. The highest BCUT2D eigenvalue weighted by atomic mass is 16.5. The lowest BCUT2D eigenvalue weighted by Crippen LogP contribution is -2.41. The summed E-state index contributed by atoms with van der Waals surface area (Å²) in [6.45, 7) is 4.05. The molecule has 19 heavy (non-hydrogen) atoms. The Hall–Kier alpha value is -0.610. The van der Waals surface area contributed by atoms with Crippen molar-refractivity contribution in [3.63, 3.8) is 0 Å². The highest BCUT2D eigenvalue weighted by Gasteiger charge is 2.19. The number of ether oxygens (including phenoxy) is 1. The maximum atomic E-state index is 11.6. The number of nitrogens with one attached hydrogen (secondary N) is 2. The summed E-state index contributed by atoms with van der Waals surface area (Å²) in [6.07, 6.45) is 8.94. The highest BCUT2D eigenvalue weighted by Crippen LogP contribution is 2.25. The molecule has 0 aromatic rings. The fourth-order valence-electron chi connectivity index (χ4n) is 2.74.